The van der Waals surface area contributed by atoms with E-state index in [4.69, 9.17) is 10.5 Å². The molecule has 0 heterocycles. The van der Waals surface area contributed by atoms with Crippen LogP contribution in [0.1, 0.15) is 0 Å². The zero-order valence-electron chi connectivity index (χ0n) is 11.4. The number of esters is 1. The van der Waals surface area contributed by atoms with Crippen LogP contribution in [-0.4, -0.2) is 43.6 Å². The molecule has 1 aromatic rings. The Morgan fingerprint density at radius 2 is 2.15 bits per heavy atom. The van der Waals surface area contributed by atoms with Gasteiger partial charge in [0, 0.05) is 17.5 Å². The number of nitrogens with two attached hydrogens (primary N) is 1. The second-order valence-corrected chi connectivity index (χ2v) is 4.96. The molecule has 0 spiro atoms. The number of amides is 1. The summed E-state index contributed by atoms with van der Waals surface area (Å²) in [5.74, 6) is 0.564. The van der Waals surface area contributed by atoms with E-state index in [1.165, 1.54) is 18.9 Å². The third kappa shape index (κ3) is 5.50. The van der Waals surface area contributed by atoms with Crippen molar-refractivity contribution in [2.24, 2.45) is 5.73 Å². The van der Waals surface area contributed by atoms with Crippen molar-refractivity contribution in [2.45, 2.75) is 6.04 Å². The second-order valence-electron chi connectivity index (χ2n) is 3.92. The monoisotopic (exact) mass is 298 g/mol. The number of rotatable bonds is 7. The van der Waals surface area contributed by atoms with Crippen LogP contribution >= 0.6 is 11.8 Å². The summed E-state index contributed by atoms with van der Waals surface area (Å²) in [6.45, 7) is 0. The fraction of sp³-hybridized carbons (Fsp3) is 0.385. The van der Waals surface area contributed by atoms with Crippen LogP contribution in [-0.2, 0) is 14.3 Å². The van der Waals surface area contributed by atoms with E-state index in [2.05, 4.69) is 10.1 Å². The topological polar surface area (TPSA) is 90.7 Å². The molecule has 0 radical (unpaired) electrons. The first-order valence-electron chi connectivity index (χ1n) is 5.92. The van der Waals surface area contributed by atoms with Crippen LogP contribution in [0.2, 0.25) is 0 Å². The number of carbonyl (C=O) groups is 2. The summed E-state index contributed by atoms with van der Waals surface area (Å²) in [6.07, 6.45) is 0. The molecule has 1 atom stereocenters. The molecule has 110 valence electrons. The van der Waals surface area contributed by atoms with E-state index in [1.54, 1.807) is 31.4 Å². The van der Waals surface area contributed by atoms with Crippen molar-refractivity contribution in [1.29, 1.82) is 0 Å². The molecule has 0 aliphatic rings. The van der Waals surface area contributed by atoms with Gasteiger partial charge in [0.25, 0.3) is 0 Å². The molecule has 0 saturated carbocycles. The quantitative estimate of drug-likeness (QED) is 0.726. The van der Waals surface area contributed by atoms with Gasteiger partial charge in [-0.15, -0.1) is 11.8 Å². The summed E-state index contributed by atoms with van der Waals surface area (Å²) in [5.41, 5.74) is 6.22. The predicted octanol–water partition coefficient (Wildman–Crippen LogP) is 0.867. The first-order valence-corrected chi connectivity index (χ1v) is 7.07. The van der Waals surface area contributed by atoms with Gasteiger partial charge in [0.2, 0.25) is 5.91 Å². The SMILES string of the molecule is COC(=O)C(N)CSCC(=O)Nc1cccc(OC)c1. The van der Waals surface area contributed by atoms with Gasteiger partial charge in [-0.25, -0.2) is 0 Å². The lowest BCUT2D eigenvalue weighted by Gasteiger charge is -2.09. The maximum Gasteiger partial charge on any atom is 0.323 e. The van der Waals surface area contributed by atoms with E-state index in [0.29, 0.717) is 17.2 Å². The second kappa shape index (κ2) is 8.44. The molecule has 0 bridgehead atoms. The average Bonchev–Trinajstić information content (AvgIpc) is 2.46. The van der Waals surface area contributed by atoms with Crippen LogP contribution in [0.5, 0.6) is 5.75 Å². The van der Waals surface area contributed by atoms with Gasteiger partial charge < -0.3 is 20.5 Å². The van der Waals surface area contributed by atoms with Gasteiger partial charge in [-0.05, 0) is 12.1 Å². The molecule has 1 unspecified atom stereocenters. The van der Waals surface area contributed by atoms with Crippen LogP contribution in [0.25, 0.3) is 0 Å². The van der Waals surface area contributed by atoms with E-state index in [-0.39, 0.29) is 11.7 Å². The summed E-state index contributed by atoms with van der Waals surface area (Å²) in [5, 5.41) is 2.74. The summed E-state index contributed by atoms with van der Waals surface area (Å²) < 4.78 is 9.56. The van der Waals surface area contributed by atoms with Gasteiger partial charge in [-0.2, -0.15) is 0 Å². The number of carbonyl (C=O) groups excluding carboxylic acids is 2. The van der Waals surface area contributed by atoms with Crippen LogP contribution < -0.4 is 15.8 Å². The van der Waals surface area contributed by atoms with E-state index >= 15 is 0 Å². The number of thioether (sulfide) groups is 1. The minimum atomic E-state index is -0.713. The van der Waals surface area contributed by atoms with Crippen LogP contribution in [0.15, 0.2) is 24.3 Å². The Labute approximate surface area is 122 Å². The van der Waals surface area contributed by atoms with Crippen molar-refractivity contribution in [3.05, 3.63) is 24.3 Å². The Morgan fingerprint density at radius 1 is 1.40 bits per heavy atom. The fourth-order valence-corrected chi connectivity index (χ4v) is 2.16. The number of hydrogen-bond acceptors (Lipinski definition) is 6. The Bertz CT molecular complexity index is 467. The van der Waals surface area contributed by atoms with Crippen LogP contribution in [0, 0.1) is 0 Å². The molecule has 7 heteroatoms. The third-order valence-electron chi connectivity index (χ3n) is 2.39. The van der Waals surface area contributed by atoms with Crippen molar-refractivity contribution in [2.75, 3.05) is 31.0 Å². The maximum absolute atomic E-state index is 11.7. The van der Waals surface area contributed by atoms with Gasteiger partial charge in [-0.3, -0.25) is 9.59 Å². The molecule has 1 amide bonds. The summed E-state index contributed by atoms with van der Waals surface area (Å²) in [6, 6.07) is 6.36. The van der Waals surface area contributed by atoms with E-state index in [0.717, 1.165) is 0 Å². The normalized spacial score (nSPS) is 11.6. The highest BCUT2D eigenvalue weighted by Crippen LogP contribution is 2.17. The maximum atomic E-state index is 11.7. The Hall–Kier alpha value is -1.73. The third-order valence-corrected chi connectivity index (χ3v) is 3.45. The highest BCUT2D eigenvalue weighted by molar-refractivity contribution is 8.00. The molecule has 20 heavy (non-hydrogen) atoms. The van der Waals surface area contributed by atoms with Gasteiger partial charge in [0.15, 0.2) is 0 Å². The van der Waals surface area contributed by atoms with Crippen molar-refractivity contribution in [1.82, 2.24) is 0 Å². The molecule has 0 aromatic heterocycles. The lowest BCUT2D eigenvalue weighted by Crippen LogP contribution is -2.34. The number of benzene rings is 1. The van der Waals surface area contributed by atoms with E-state index in [1.807, 2.05) is 0 Å². The smallest absolute Gasteiger partial charge is 0.323 e. The molecular formula is C13H18N2O4S. The summed E-state index contributed by atoms with van der Waals surface area (Å²) >= 11 is 1.27. The number of hydrogen-bond donors (Lipinski definition) is 2. The highest BCUT2D eigenvalue weighted by atomic mass is 32.2. The van der Waals surface area contributed by atoms with Gasteiger partial charge in [0.1, 0.15) is 11.8 Å². The van der Waals surface area contributed by atoms with Crippen molar-refractivity contribution >= 4 is 29.3 Å². The number of ether oxygens (including phenoxy) is 2. The number of nitrogens with one attached hydrogen (secondary N) is 1. The first kappa shape index (κ1) is 16.3. The summed E-state index contributed by atoms with van der Waals surface area (Å²) in [7, 11) is 2.84. The molecule has 6 nitrogen and oxygen atoms in total. The largest absolute Gasteiger partial charge is 0.497 e. The highest BCUT2D eigenvalue weighted by Gasteiger charge is 2.14. The first-order chi connectivity index (χ1) is 9.56. The molecule has 1 aromatic carbocycles. The zero-order valence-corrected chi connectivity index (χ0v) is 12.2. The van der Waals surface area contributed by atoms with E-state index in [9.17, 15) is 9.59 Å². The molecular weight excluding hydrogens is 280 g/mol. The lowest BCUT2D eigenvalue weighted by atomic mass is 10.3. The Kier molecular flexibility index (Phi) is 6.89. The van der Waals surface area contributed by atoms with E-state index < -0.39 is 12.0 Å². The standard InChI is InChI=1S/C13H18N2O4S/c1-18-10-5-3-4-9(6-10)15-12(16)8-20-7-11(14)13(17)19-2/h3-6,11H,7-8,14H2,1-2H3,(H,15,16). The van der Waals surface area contributed by atoms with Gasteiger partial charge in [-0.1, -0.05) is 6.07 Å². The Balaban J connectivity index is 2.35. The molecule has 1 rings (SSSR count). The van der Waals surface area contributed by atoms with Crippen molar-refractivity contribution in [3.63, 3.8) is 0 Å². The molecule has 0 aliphatic heterocycles. The average molecular weight is 298 g/mol. The predicted molar refractivity (Wildman–Crippen MR) is 78.9 cm³/mol. The van der Waals surface area contributed by atoms with Crippen molar-refractivity contribution in [3.8, 4) is 5.75 Å². The molecule has 0 fully saturated rings. The molecule has 0 saturated heterocycles. The van der Waals surface area contributed by atoms with Crippen LogP contribution in [0.4, 0.5) is 5.69 Å². The Morgan fingerprint density at radius 3 is 2.80 bits per heavy atom. The van der Waals surface area contributed by atoms with Crippen molar-refractivity contribution < 1.29 is 19.1 Å². The van der Waals surface area contributed by atoms with Gasteiger partial charge >= 0.3 is 5.97 Å². The lowest BCUT2D eigenvalue weighted by molar-refractivity contribution is -0.141. The summed E-state index contributed by atoms with van der Waals surface area (Å²) in [4.78, 5) is 22.8. The van der Waals surface area contributed by atoms with Gasteiger partial charge in [0.05, 0.1) is 20.0 Å². The minimum Gasteiger partial charge on any atom is -0.497 e. The molecule has 3 N–H and O–H groups in total. The number of methoxy groups -OCH3 is 2. The fourth-order valence-electron chi connectivity index (χ4n) is 1.40. The molecule has 0 aliphatic carbocycles. The number of anilines is 1. The zero-order chi connectivity index (χ0) is 15.0. The minimum absolute atomic E-state index is 0.166. The van der Waals surface area contributed by atoms with Crippen LogP contribution in [0.3, 0.4) is 0 Å².